The molecule has 0 fully saturated rings. The number of rotatable bonds is 2. The van der Waals surface area contributed by atoms with Crippen LogP contribution in [0.3, 0.4) is 0 Å². The summed E-state index contributed by atoms with van der Waals surface area (Å²) in [5.41, 5.74) is 1.04. The molecule has 0 saturated carbocycles. The van der Waals surface area contributed by atoms with Crippen LogP contribution in [-0.2, 0) is 9.53 Å². The third kappa shape index (κ3) is 3.12. The van der Waals surface area contributed by atoms with Crippen LogP contribution in [0.1, 0.15) is 5.56 Å². The lowest BCUT2D eigenvalue weighted by atomic mass is 10.1. The Balaban J connectivity index is 3.03. The number of carbonyl (C=O) groups is 1. The summed E-state index contributed by atoms with van der Waals surface area (Å²) in [4.78, 5) is 14.2. The van der Waals surface area contributed by atoms with Gasteiger partial charge in [0.15, 0.2) is 5.69 Å². The van der Waals surface area contributed by atoms with Gasteiger partial charge in [-0.1, -0.05) is 29.8 Å². The molecule has 0 spiro atoms. The molecule has 1 rings (SSSR count). The molecule has 4 heteroatoms. The highest BCUT2D eigenvalue weighted by molar-refractivity contribution is 6.30. The zero-order chi connectivity index (χ0) is 11.3. The molecule has 0 atom stereocenters. The van der Waals surface area contributed by atoms with E-state index in [1.165, 1.54) is 19.3 Å². The second-order valence-corrected chi connectivity index (χ2v) is 3.11. The Morgan fingerprint density at radius 2 is 2.33 bits per heavy atom. The molecule has 0 aliphatic rings. The van der Waals surface area contributed by atoms with Crippen molar-refractivity contribution in [1.29, 1.82) is 0 Å². The van der Waals surface area contributed by atoms with Gasteiger partial charge in [0.05, 0.1) is 13.7 Å². The van der Waals surface area contributed by atoms with Gasteiger partial charge in [-0.15, -0.1) is 0 Å². The lowest BCUT2D eigenvalue weighted by Crippen LogP contribution is -1.93. The van der Waals surface area contributed by atoms with Crippen molar-refractivity contribution in [3.05, 3.63) is 46.3 Å². The van der Waals surface area contributed by atoms with Gasteiger partial charge in [-0.05, 0) is 11.6 Å². The molecule has 0 heterocycles. The van der Waals surface area contributed by atoms with Gasteiger partial charge in [-0.25, -0.2) is 9.64 Å². The number of methoxy groups -OCH3 is 1. The van der Waals surface area contributed by atoms with Crippen molar-refractivity contribution in [3.8, 4) is 0 Å². The number of benzene rings is 1. The van der Waals surface area contributed by atoms with E-state index in [1.807, 2.05) is 0 Å². The Morgan fingerprint density at radius 1 is 1.60 bits per heavy atom. The molecule has 15 heavy (non-hydrogen) atoms. The summed E-state index contributed by atoms with van der Waals surface area (Å²) in [5.74, 6) is -0.467. The van der Waals surface area contributed by atoms with Gasteiger partial charge in [-0.3, -0.25) is 0 Å². The summed E-state index contributed by atoms with van der Waals surface area (Å²) in [7, 11) is 1.29. The quantitative estimate of drug-likeness (QED) is 0.437. The van der Waals surface area contributed by atoms with Crippen molar-refractivity contribution in [3.63, 3.8) is 0 Å². The largest absolute Gasteiger partial charge is 0.466 e. The Morgan fingerprint density at radius 3 is 2.93 bits per heavy atom. The van der Waals surface area contributed by atoms with Crippen molar-refractivity contribution in [2.24, 2.45) is 0 Å². The van der Waals surface area contributed by atoms with Crippen LogP contribution >= 0.6 is 11.6 Å². The first-order chi connectivity index (χ1) is 7.17. The van der Waals surface area contributed by atoms with E-state index in [4.69, 9.17) is 18.2 Å². The highest BCUT2D eigenvalue weighted by atomic mass is 35.5. The third-order valence-corrected chi connectivity index (χ3v) is 1.95. The van der Waals surface area contributed by atoms with Crippen LogP contribution in [0.15, 0.2) is 24.3 Å². The summed E-state index contributed by atoms with van der Waals surface area (Å²) in [6.45, 7) is 6.92. The molecule has 0 amide bonds. The second kappa shape index (κ2) is 5.18. The number of halogens is 1. The van der Waals surface area contributed by atoms with Crippen LogP contribution < -0.4 is 0 Å². The first-order valence-corrected chi connectivity index (χ1v) is 4.48. The van der Waals surface area contributed by atoms with E-state index in [0.29, 0.717) is 16.3 Å². The monoisotopic (exact) mass is 221 g/mol. The molecular weight excluding hydrogens is 214 g/mol. The predicted molar refractivity (Wildman–Crippen MR) is 58.8 cm³/mol. The minimum absolute atomic E-state index is 0.444. The summed E-state index contributed by atoms with van der Waals surface area (Å²) in [6.07, 6.45) is 2.76. The van der Waals surface area contributed by atoms with E-state index in [0.717, 1.165) is 0 Å². The Bertz CT molecular complexity index is 446. The third-order valence-electron chi connectivity index (χ3n) is 1.71. The van der Waals surface area contributed by atoms with Crippen molar-refractivity contribution < 1.29 is 9.53 Å². The van der Waals surface area contributed by atoms with Gasteiger partial charge in [0.2, 0.25) is 0 Å². The molecule has 0 radical (unpaired) electrons. The summed E-state index contributed by atoms with van der Waals surface area (Å²) in [5, 5.41) is 0.520. The number of hydrogen-bond acceptors (Lipinski definition) is 2. The SMILES string of the molecule is [C-]#[N+]c1ccc(Cl)cc1/C=C/C(=O)OC. The molecular formula is C11H8ClNO2. The molecule has 1 aromatic carbocycles. The fraction of sp³-hybridized carbons (Fsp3) is 0.0909. The molecule has 1 aromatic rings. The number of ether oxygens (including phenoxy) is 1. The van der Waals surface area contributed by atoms with Crippen molar-refractivity contribution in [1.82, 2.24) is 0 Å². The van der Waals surface area contributed by atoms with E-state index in [2.05, 4.69) is 9.58 Å². The van der Waals surface area contributed by atoms with E-state index in [1.54, 1.807) is 18.2 Å². The van der Waals surface area contributed by atoms with Crippen LogP contribution in [0.25, 0.3) is 10.9 Å². The second-order valence-electron chi connectivity index (χ2n) is 2.67. The summed E-state index contributed by atoms with van der Waals surface area (Å²) in [6, 6.07) is 4.85. The number of esters is 1. The van der Waals surface area contributed by atoms with Crippen LogP contribution in [0.5, 0.6) is 0 Å². The number of carbonyl (C=O) groups excluding carboxylic acids is 1. The van der Waals surface area contributed by atoms with Crippen molar-refractivity contribution >= 4 is 29.3 Å². The van der Waals surface area contributed by atoms with Crippen molar-refractivity contribution in [2.45, 2.75) is 0 Å². The predicted octanol–water partition coefficient (Wildman–Crippen LogP) is 3.08. The fourth-order valence-corrected chi connectivity index (χ4v) is 1.17. The number of hydrogen-bond donors (Lipinski definition) is 0. The van der Waals surface area contributed by atoms with E-state index >= 15 is 0 Å². The van der Waals surface area contributed by atoms with Gasteiger partial charge in [0.25, 0.3) is 0 Å². The Hall–Kier alpha value is -1.79. The summed E-state index contributed by atoms with van der Waals surface area (Å²) < 4.78 is 4.44. The zero-order valence-corrected chi connectivity index (χ0v) is 8.78. The molecule has 3 nitrogen and oxygen atoms in total. The van der Waals surface area contributed by atoms with Crippen LogP contribution in [0.4, 0.5) is 5.69 Å². The molecule has 0 N–H and O–H groups in total. The molecule has 0 aliphatic heterocycles. The average molecular weight is 222 g/mol. The Kier molecular flexibility index (Phi) is 3.90. The van der Waals surface area contributed by atoms with Crippen LogP contribution in [0.2, 0.25) is 5.02 Å². The minimum atomic E-state index is -0.467. The molecule has 0 bridgehead atoms. The van der Waals surface area contributed by atoms with Gasteiger partial charge < -0.3 is 4.74 Å². The molecule has 76 valence electrons. The standard InChI is InChI=1S/C11H8ClNO2/c1-13-10-5-4-9(12)7-8(10)3-6-11(14)15-2/h3-7H,2H3/b6-3+. The highest BCUT2D eigenvalue weighted by Gasteiger charge is 2.00. The minimum Gasteiger partial charge on any atom is -0.466 e. The fourth-order valence-electron chi connectivity index (χ4n) is 0.987. The maximum atomic E-state index is 10.9. The average Bonchev–Trinajstić information content (AvgIpc) is 2.26. The lowest BCUT2D eigenvalue weighted by Gasteiger charge is -1.98. The molecule has 0 unspecified atom stereocenters. The van der Waals surface area contributed by atoms with Gasteiger partial charge in [0, 0.05) is 11.1 Å². The smallest absolute Gasteiger partial charge is 0.330 e. The van der Waals surface area contributed by atoms with Crippen LogP contribution in [0, 0.1) is 6.57 Å². The maximum absolute atomic E-state index is 10.9. The first kappa shape index (κ1) is 11.3. The van der Waals surface area contributed by atoms with Crippen LogP contribution in [-0.4, -0.2) is 13.1 Å². The van der Waals surface area contributed by atoms with E-state index in [9.17, 15) is 4.79 Å². The molecule has 0 aromatic heterocycles. The van der Waals surface area contributed by atoms with Gasteiger partial charge in [-0.2, -0.15) is 0 Å². The first-order valence-electron chi connectivity index (χ1n) is 4.10. The van der Waals surface area contributed by atoms with E-state index < -0.39 is 5.97 Å². The molecule has 0 aliphatic carbocycles. The molecule has 0 saturated heterocycles. The normalized spacial score (nSPS) is 9.93. The highest BCUT2D eigenvalue weighted by Crippen LogP contribution is 2.24. The zero-order valence-electron chi connectivity index (χ0n) is 8.03. The number of nitrogens with zero attached hydrogens (tertiary/aromatic N) is 1. The Labute approximate surface area is 92.7 Å². The van der Waals surface area contributed by atoms with Crippen molar-refractivity contribution in [2.75, 3.05) is 7.11 Å². The topological polar surface area (TPSA) is 30.7 Å². The lowest BCUT2D eigenvalue weighted by molar-refractivity contribution is -0.134. The van der Waals surface area contributed by atoms with Gasteiger partial charge >= 0.3 is 5.97 Å². The maximum Gasteiger partial charge on any atom is 0.330 e. The summed E-state index contributed by atoms with van der Waals surface area (Å²) >= 11 is 5.77. The van der Waals surface area contributed by atoms with E-state index in [-0.39, 0.29) is 0 Å². The van der Waals surface area contributed by atoms with Gasteiger partial charge in [0.1, 0.15) is 0 Å².